The zero-order valence-corrected chi connectivity index (χ0v) is 35.4. The van der Waals surface area contributed by atoms with E-state index in [2.05, 4.69) is 203 Å². The van der Waals surface area contributed by atoms with E-state index < -0.39 is 0 Å². The molecule has 8 aromatic carbocycles. The molecule has 0 fully saturated rings. The molecule has 10 heteroatoms. The van der Waals surface area contributed by atoms with Crippen LogP contribution in [0.25, 0.3) is 83.0 Å². The van der Waals surface area contributed by atoms with Crippen LogP contribution in [0.1, 0.15) is 25.0 Å². The standard InChI is InChI=1S/C48H42B8N2/c1-48(2)29-16-7-6-15-27(29)28-20-19-24(22-30(28)48)34-37-35(39(49)43(53)45(55)41(37)51)33(36-38(34)42(52)46(56)44(54)40(36)50)23-11-10-12-25(21-23)47-57-31-17-8-9-18-32(31)58(47)26-13-4-3-5-14-26/h3-22H,49-56H2,1-2H3. The van der Waals surface area contributed by atoms with Crippen molar-refractivity contribution in [2.45, 2.75) is 19.3 Å². The summed E-state index contributed by atoms with van der Waals surface area (Å²) < 4.78 is 2.31. The summed E-state index contributed by atoms with van der Waals surface area (Å²) in [5.41, 5.74) is 25.8. The Morgan fingerprint density at radius 3 is 1.55 bits per heavy atom. The Labute approximate surface area is 349 Å². The maximum Gasteiger partial charge on any atom is 0.145 e. The molecule has 10 rings (SSSR count). The first-order chi connectivity index (χ1) is 27.9. The molecule has 1 aromatic heterocycles. The van der Waals surface area contributed by atoms with Crippen molar-refractivity contribution in [1.29, 1.82) is 0 Å². The molecule has 0 bridgehead atoms. The number of fused-ring (bicyclic) bond motifs is 6. The van der Waals surface area contributed by atoms with Crippen LogP contribution < -0.4 is 43.7 Å². The minimum Gasteiger partial charge on any atom is -0.292 e. The highest BCUT2D eigenvalue weighted by molar-refractivity contribution is 6.71. The van der Waals surface area contributed by atoms with Crippen molar-refractivity contribution in [3.8, 4) is 50.5 Å². The van der Waals surface area contributed by atoms with Crippen LogP contribution in [-0.2, 0) is 5.41 Å². The van der Waals surface area contributed by atoms with Crippen molar-refractivity contribution in [3.05, 3.63) is 132 Å². The molecule has 0 saturated heterocycles. The first kappa shape index (κ1) is 36.6. The molecule has 0 radical (unpaired) electrons. The van der Waals surface area contributed by atoms with Crippen molar-refractivity contribution in [2.24, 2.45) is 0 Å². The van der Waals surface area contributed by atoms with Gasteiger partial charge < -0.3 is 0 Å². The van der Waals surface area contributed by atoms with E-state index in [4.69, 9.17) is 4.98 Å². The highest BCUT2D eigenvalue weighted by Gasteiger charge is 2.36. The van der Waals surface area contributed by atoms with Gasteiger partial charge in [-0.15, -0.1) is 21.9 Å². The predicted molar refractivity (Wildman–Crippen MR) is 275 cm³/mol. The van der Waals surface area contributed by atoms with Crippen molar-refractivity contribution in [3.63, 3.8) is 0 Å². The smallest absolute Gasteiger partial charge is 0.145 e. The fourth-order valence-corrected chi connectivity index (χ4v) is 10.4. The van der Waals surface area contributed by atoms with Gasteiger partial charge in [-0.2, -0.15) is 0 Å². The van der Waals surface area contributed by atoms with Gasteiger partial charge in [-0.05, 0) is 102 Å². The maximum absolute atomic E-state index is 5.31. The normalized spacial score (nSPS) is 13.0. The minimum absolute atomic E-state index is 0.0981. The summed E-state index contributed by atoms with van der Waals surface area (Å²) in [6.07, 6.45) is 0. The number of hydrogen-bond acceptors (Lipinski definition) is 1. The van der Waals surface area contributed by atoms with Crippen LogP contribution in [0.5, 0.6) is 0 Å². The third kappa shape index (κ3) is 5.06. The summed E-state index contributed by atoms with van der Waals surface area (Å²) in [4.78, 5) is 5.31. The molecule has 0 N–H and O–H groups in total. The number of hydrogen-bond donors (Lipinski definition) is 0. The summed E-state index contributed by atoms with van der Waals surface area (Å²) >= 11 is 0. The minimum atomic E-state index is -0.0981. The summed E-state index contributed by atoms with van der Waals surface area (Å²) in [7, 11) is 18.7. The summed E-state index contributed by atoms with van der Waals surface area (Å²) in [6.45, 7) is 4.79. The van der Waals surface area contributed by atoms with Gasteiger partial charge in [0.15, 0.2) is 0 Å². The van der Waals surface area contributed by atoms with Gasteiger partial charge in [-0.3, -0.25) is 4.57 Å². The quantitative estimate of drug-likeness (QED) is 0.163. The van der Waals surface area contributed by atoms with Crippen molar-refractivity contribution in [2.75, 3.05) is 0 Å². The largest absolute Gasteiger partial charge is 0.292 e. The molecule has 1 heterocycles. The molecule has 2 nitrogen and oxygen atoms in total. The summed E-state index contributed by atoms with van der Waals surface area (Å²) in [5, 5.41) is 5.43. The fourth-order valence-electron chi connectivity index (χ4n) is 10.4. The monoisotopic (exact) mass is 734 g/mol. The second kappa shape index (κ2) is 13.1. The Morgan fingerprint density at radius 2 is 0.931 bits per heavy atom. The van der Waals surface area contributed by atoms with Crippen molar-refractivity contribution in [1.82, 2.24) is 9.55 Å². The molecule has 0 saturated carbocycles. The van der Waals surface area contributed by atoms with E-state index in [1.54, 1.807) is 0 Å². The summed E-state index contributed by atoms with van der Waals surface area (Å²) in [6, 6.07) is 44.6. The Hall–Kier alpha value is -5.73. The lowest BCUT2D eigenvalue weighted by molar-refractivity contribution is 0.660. The van der Waals surface area contributed by atoms with Crippen LogP contribution in [-0.4, -0.2) is 72.3 Å². The number of para-hydroxylation sites is 3. The number of imidazole rings is 1. The first-order valence-corrected chi connectivity index (χ1v) is 20.7. The lowest BCUT2D eigenvalue weighted by Crippen LogP contribution is -2.50. The van der Waals surface area contributed by atoms with Gasteiger partial charge in [-0.1, -0.05) is 121 Å². The lowest BCUT2D eigenvalue weighted by Gasteiger charge is -2.29. The third-order valence-corrected chi connectivity index (χ3v) is 14.2. The van der Waals surface area contributed by atoms with Crippen LogP contribution in [0.2, 0.25) is 0 Å². The van der Waals surface area contributed by atoms with E-state index in [0.29, 0.717) is 0 Å². The molecule has 0 spiro atoms. The van der Waals surface area contributed by atoms with Crippen molar-refractivity contribution < 1.29 is 0 Å². The fraction of sp³-hybridized carbons (Fsp3) is 0.0625. The van der Waals surface area contributed by atoms with Gasteiger partial charge in [0, 0.05) is 16.7 Å². The van der Waals surface area contributed by atoms with E-state index in [-0.39, 0.29) is 5.41 Å². The molecule has 1 aliphatic rings. The van der Waals surface area contributed by atoms with Crippen LogP contribution in [0.15, 0.2) is 121 Å². The zero-order chi connectivity index (χ0) is 40.4. The molecular weight excluding hydrogens is 691 g/mol. The molecule has 58 heavy (non-hydrogen) atoms. The average molecular weight is 733 g/mol. The Balaban J connectivity index is 1.34. The Bertz CT molecular complexity index is 3160. The van der Waals surface area contributed by atoms with E-state index in [9.17, 15) is 0 Å². The zero-order valence-electron chi connectivity index (χ0n) is 35.4. The molecule has 0 atom stereocenters. The SMILES string of the molecule is Bc1c(B)c(B)c2c(-c3ccc4c(c3)C(C)(C)c3ccccc3-4)c3c(B)c(B)c(B)c(B)c3c(-c3cccc(-c4nc5ccccc5n4-c4ccccc4)c3)c2c1B. The molecule has 268 valence electrons. The predicted octanol–water partition coefficient (Wildman–Crippen LogP) is -1.29. The Kier molecular flexibility index (Phi) is 8.30. The molecular formula is C48H42B8N2. The number of nitrogens with zero attached hydrogens (tertiary/aromatic N) is 2. The van der Waals surface area contributed by atoms with Crippen molar-refractivity contribution >= 4 is 139 Å². The van der Waals surface area contributed by atoms with Crippen LogP contribution >= 0.6 is 0 Å². The average Bonchev–Trinajstić information content (AvgIpc) is 3.75. The molecule has 9 aromatic rings. The Morgan fingerprint density at radius 1 is 0.431 bits per heavy atom. The van der Waals surface area contributed by atoms with Gasteiger partial charge in [0.1, 0.15) is 68.6 Å². The van der Waals surface area contributed by atoms with E-state index >= 15 is 0 Å². The second-order valence-corrected chi connectivity index (χ2v) is 17.4. The van der Waals surface area contributed by atoms with E-state index in [1.807, 2.05) is 0 Å². The van der Waals surface area contributed by atoms with E-state index in [1.165, 1.54) is 110 Å². The molecule has 0 aliphatic heterocycles. The maximum atomic E-state index is 5.31. The molecule has 1 aliphatic carbocycles. The lowest BCUT2D eigenvalue weighted by atomic mass is 9.59. The third-order valence-electron chi connectivity index (χ3n) is 14.2. The second-order valence-electron chi connectivity index (χ2n) is 17.4. The topological polar surface area (TPSA) is 17.8 Å². The molecule has 0 unspecified atom stereocenters. The first-order valence-electron chi connectivity index (χ1n) is 20.7. The van der Waals surface area contributed by atoms with Gasteiger partial charge in [0.05, 0.1) is 11.0 Å². The van der Waals surface area contributed by atoms with E-state index in [0.717, 1.165) is 28.1 Å². The summed E-state index contributed by atoms with van der Waals surface area (Å²) in [5.74, 6) is 0.945. The van der Waals surface area contributed by atoms with Crippen LogP contribution in [0.4, 0.5) is 0 Å². The highest BCUT2D eigenvalue weighted by atomic mass is 15.1. The van der Waals surface area contributed by atoms with Gasteiger partial charge in [-0.25, -0.2) is 4.98 Å². The van der Waals surface area contributed by atoms with Gasteiger partial charge >= 0.3 is 0 Å². The molecule has 0 amide bonds. The van der Waals surface area contributed by atoms with Crippen LogP contribution in [0, 0.1) is 0 Å². The number of rotatable bonds is 4. The number of aromatic nitrogens is 2. The van der Waals surface area contributed by atoms with Gasteiger partial charge in [0.25, 0.3) is 0 Å². The number of benzene rings is 8. The van der Waals surface area contributed by atoms with Crippen LogP contribution in [0.3, 0.4) is 0 Å². The van der Waals surface area contributed by atoms with Gasteiger partial charge in [0.2, 0.25) is 0 Å². The highest BCUT2D eigenvalue weighted by Crippen LogP contribution is 2.50.